The van der Waals surface area contributed by atoms with E-state index < -0.39 is 0 Å². The summed E-state index contributed by atoms with van der Waals surface area (Å²) in [6.45, 7) is 1.98. The number of halogens is 1. The molecule has 0 unspecified atom stereocenters. The van der Waals surface area contributed by atoms with Crippen molar-refractivity contribution >= 4 is 22.6 Å². The lowest BCUT2D eigenvalue weighted by molar-refractivity contribution is 1.21. The van der Waals surface area contributed by atoms with Crippen LogP contribution in [-0.2, 0) is 0 Å². The predicted molar refractivity (Wildman–Crippen MR) is 69.1 cm³/mol. The van der Waals surface area contributed by atoms with Crippen molar-refractivity contribution in [1.29, 1.82) is 0 Å². The Morgan fingerprint density at radius 3 is 3.00 bits per heavy atom. The van der Waals surface area contributed by atoms with E-state index in [1.807, 2.05) is 37.4 Å². The van der Waals surface area contributed by atoms with Crippen LogP contribution < -0.4 is 0 Å². The van der Waals surface area contributed by atoms with Gasteiger partial charge in [-0.3, -0.25) is 4.98 Å². The third-order valence-corrected chi connectivity index (χ3v) is 2.87. The number of hydrogen-bond acceptors (Lipinski definition) is 2. The third kappa shape index (κ3) is 1.78. The van der Waals surface area contributed by atoms with E-state index >= 15 is 0 Å². The molecule has 3 nitrogen and oxygen atoms in total. The topological polar surface area (TPSA) is 41.6 Å². The van der Waals surface area contributed by atoms with Crippen LogP contribution in [0.5, 0.6) is 0 Å². The number of hydrogen-bond donors (Lipinski definition) is 1. The van der Waals surface area contributed by atoms with Gasteiger partial charge in [-0.2, -0.15) is 0 Å². The molecule has 0 fully saturated rings. The second-order valence-electron chi connectivity index (χ2n) is 3.92. The van der Waals surface area contributed by atoms with Gasteiger partial charge in [0.1, 0.15) is 5.65 Å². The molecule has 0 aliphatic carbocycles. The molecule has 3 aromatic heterocycles. The van der Waals surface area contributed by atoms with Crippen molar-refractivity contribution in [3.8, 4) is 11.3 Å². The average molecular weight is 244 g/mol. The first-order valence-electron chi connectivity index (χ1n) is 5.31. The van der Waals surface area contributed by atoms with Crippen LogP contribution in [0.4, 0.5) is 0 Å². The van der Waals surface area contributed by atoms with Gasteiger partial charge in [-0.1, -0.05) is 17.7 Å². The Labute approximate surface area is 103 Å². The van der Waals surface area contributed by atoms with Crippen LogP contribution >= 0.6 is 11.6 Å². The molecule has 0 saturated heterocycles. The van der Waals surface area contributed by atoms with Crippen molar-refractivity contribution in [3.05, 3.63) is 47.4 Å². The van der Waals surface area contributed by atoms with Gasteiger partial charge in [0.05, 0.1) is 10.7 Å². The standard InChI is InChI=1S/C13H10ClN3/c1-8-3-2-4-12(17-8)11-7-16-13-10(11)5-9(14)6-15-13/h2-7H,1H3,(H,15,16). The summed E-state index contributed by atoms with van der Waals surface area (Å²) in [7, 11) is 0. The molecule has 0 bridgehead atoms. The molecule has 0 saturated carbocycles. The van der Waals surface area contributed by atoms with Crippen LogP contribution in [0, 0.1) is 6.92 Å². The molecule has 0 aliphatic heterocycles. The minimum atomic E-state index is 0.631. The van der Waals surface area contributed by atoms with E-state index in [9.17, 15) is 0 Å². The van der Waals surface area contributed by atoms with Crippen molar-refractivity contribution in [2.24, 2.45) is 0 Å². The van der Waals surface area contributed by atoms with Crippen molar-refractivity contribution in [3.63, 3.8) is 0 Å². The normalized spacial score (nSPS) is 10.9. The van der Waals surface area contributed by atoms with Crippen molar-refractivity contribution in [1.82, 2.24) is 15.0 Å². The first-order valence-corrected chi connectivity index (χ1v) is 5.68. The van der Waals surface area contributed by atoms with Crippen molar-refractivity contribution in [2.45, 2.75) is 6.92 Å². The molecule has 0 amide bonds. The summed E-state index contributed by atoms with van der Waals surface area (Å²) in [5.41, 5.74) is 3.78. The molecule has 0 aliphatic rings. The summed E-state index contributed by atoms with van der Waals surface area (Å²) in [5.74, 6) is 0. The lowest BCUT2D eigenvalue weighted by atomic mass is 10.1. The van der Waals surface area contributed by atoms with E-state index in [0.717, 1.165) is 28.0 Å². The van der Waals surface area contributed by atoms with E-state index in [1.54, 1.807) is 6.20 Å². The fraction of sp³-hybridized carbons (Fsp3) is 0.0769. The van der Waals surface area contributed by atoms with Gasteiger partial charge >= 0.3 is 0 Å². The van der Waals surface area contributed by atoms with Crippen LogP contribution in [0.25, 0.3) is 22.3 Å². The predicted octanol–water partition coefficient (Wildman–Crippen LogP) is 3.59. The van der Waals surface area contributed by atoms with Gasteiger partial charge in [0.25, 0.3) is 0 Å². The molecule has 84 valence electrons. The zero-order chi connectivity index (χ0) is 11.8. The summed E-state index contributed by atoms with van der Waals surface area (Å²) >= 11 is 5.97. The lowest BCUT2D eigenvalue weighted by Crippen LogP contribution is -1.85. The highest BCUT2D eigenvalue weighted by molar-refractivity contribution is 6.31. The Hall–Kier alpha value is -1.87. The van der Waals surface area contributed by atoms with Gasteiger partial charge in [0.2, 0.25) is 0 Å². The molecular formula is C13H10ClN3. The number of nitrogens with one attached hydrogen (secondary N) is 1. The Bertz CT molecular complexity index is 688. The Kier molecular flexibility index (Phi) is 2.34. The maximum Gasteiger partial charge on any atom is 0.138 e. The molecule has 3 rings (SSSR count). The fourth-order valence-corrected chi connectivity index (χ4v) is 2.04. The number of nitrogens with zero attached hydrogens (tertiary/aromatic N) is 2. The van der Waals surface area contributed by atoms with E-state index in [1.165, 1.54) is 0 Å². The summed E-state index contributed by atoms with van der Waals surface area (Å²) < 4.78 is 0. The zero-order valence-electron chi connectivity index (χ0n) is 9.24. The van der Waals surface area contributed by atoms with Crippen molar-refractivity contribution < 1.29 is 0 Å². The van der Waals surface area contributed by atoms with Gasteiger partial charge < -0.3 is 4.98 Å². The number of rotatable bonds is 1. The molecular weight excluding hydrogens is 234 g/mol. The monoisotopic (exact) mass is 243 g/mol. The highest BCUT2D eigenvalue weighted by Crippen LogP contribution is 2.27. The number of aryl methyl sites for hydroxylation is 1. The van der Waals surface area contributed by atoms with Gasteiger partial charge in [-0.05, 0) is 25.1 Å². The minimum absolute atomic E-state index is 0.631. The molecule has 4 heteroatoms. The molecule has 3 aromatic rings. The molecule has 0 spiro atoms. The van der Waals surface area contributed by atoms with E-state index in [4.69, 9.17) is 11.6 Å². The van der Waals surface area contributed by atoms with Gasteiger partial charge in [-0.15, -0.1) is 0 Å². The lowest BCUT2D eigenvalue weighted by Gasteiger charge is -2.00. The van der Waals surface area contributed by atoms with E-state index in [0.29, 0.717) is 5.02 Å². The summed E-state index contributed by atoms with van der Waals surface area (Å²) in [6.07, 6.45) is 3.55. The van der Waals surface area contributed by atoms with Crippen LogP contribution in [0.15, 0.2) is 36.7 Å². The van der Waals surface area contributed by atoms with Crippen LogP contribution in [-0.4, -0.2) is 15.0 Å². The van der Waals surface area contributed by atoms with Crippen LogP contribution in [0.2, 0.25) is 5.02 Å². The Morgan fingerprint density at radius 1 is 1.29 bits per heavy atom. The molecule has 0 atom stereocenters. The second-order valence-corrected chi connectivity index (χ2v) is 4.35. The maximum atomic E-state index is 5.97. The zero-order valence-corrected chi connectivity index (χ0v) is 9.99. The van der Waals surface area contributed by atoms with E-state index in [2.05, 4.69) is 15.0 Å². The largest absolute Gasteiger partial charge is 0.345 e. The summed E-state index contributed by atoms with van der Waals surface area (Å²) in [4.78, 5) is 11.9. The number of aromatic nitrogens is 3. The van der Waals surface area contributed by atoms with Crippen LogP contribution in [0.3, 0.4) is 0 Å². The number of H-pyrrole nitrogens is 1. The molecule has 17 heavy (non-hydrogen) atoms. The number of pyridine rings is 2. The SMILES string of the molecule is Cc1cccc(-c2c[nH]c3ncc(Cl)cc23)n1. The average Bonchev–Trinajstić information content (AvgIpc) is 2.71. The van der Waals surface area contributed by atoms with Crippen LogP contribution in [0.1, 0.15) is 5.69 Å². The van der Waals surface area contributed by atoms with Gasteiger partial charge in [-0.25, -0.2) is 4.98 Å². The molecule has 0 aromatic carbocycles. The fourth-order valence-electron chi connectivity index (χ4n) is 1.88. The van der Waals surface area contributed by atoms with Gasteiger partial charge in [0.15, 0.2) is 0 Å². The summed E-state index contributed by atoms with van der Waals surface area (Å²) in [6, 6.07) is 7.86. The van der Waals surface area contributed by atoms with Gasteiger partial charge in [0, 0.05) is 29.0 Å². The van der Waals surface area contributed by atoms with E-state index in [-0.39, 0.29) is 0 Å². The third-order valence-electron chi connectivity index (χ3n) is 2.66. The second kappa shape index (κ2) is 3.86. The Morgan fingerprint density at radius 2 is 2.18 bits per heavy atom. The highest BCUT2D eigenvalue weighted by Gasteiger charge is 2.08. The first-order chi connectivity index (χ1) is 8.24. The maximum absolute atomic E-state index is 5.97. The Balaban J connectivity index is 2.27. The minimum Gasteiger partial charge on any atom is -0.345 e. The quantitative estimate of drug-likeness (QED) is 0.710. The smallest absolute Gasteiger partial charge is 0.138 e. The molecule has 0 radical (unpaired) electrons. The molecule has 3 heterocycles. The number of fused-ring (bicyclic) bond motifs is 1. The van der Waals surface area contributed by atoms with Crippen molar-refractivity contribution in [2.75, 3.05) is 0 Å². The highest BCUT2D eigenvalue weighted by atomic mass is 35.5. The first kappa shape index (κ1) is 10.3. The molecule has 1 N–H and O–H groups in total. The summed E-state index contributed by atoms with van der Waals surface area (Å²) in [5, 5.41) is 1.63. The number of aromatic amines is 1.